The predicted octanol–water partition coefficient (Wildman–Crippen LogP) is 3.94. The average Bonchev–Trinajstić information content (AvgIpc) is 3.15. The molecule has 1 aromatic heterocycles. The van der Waals surface area contributed by atoms with Crippen LogP contribution in [0.15, 0.2) is 36.7 Å². The van der Waals surface area contributed by atoms with Gasteiger partial charge in [0, 0.05) is 44.1 Å². The molecule has 30 heavy (non-hydrogen) atoms. The minimum absolute atomic E-state index is 0.236. The number of imidazole rings is 1. The van der Waals surface area contributed by atoms with Gasteiger partial charge in [-0.25, -0.2) is 9.78 Å². The third-order valence-corrected chi connectivity index (χ3v) is 4.87. The molecule has 164 valence electrons. The van der Waals surface area contributed by atoms with E-state index in [2.05, 4.69) is 14.9 Å². The van der Waals surface area contributed by atoms with E-state index in [1.54, 1.807) is 0 Å². The van der Waals surface area contributed by atoms with E-state index in [0.29, 0.717) is 19.7 Å². The number of aromatic nitrogens is 2. The van der Waals surface area contributed by atoms with Crippen molar-refractivity contribution in [2.75, 3.05) is 32.8 Å². The lowest BCUT2D eigenvalue weighted by Gasteiger charge is -2.27. The third-order valence-electron chi connectivity index (χ3n) is 4.87. The summed E-state index contributed by atoms with van der Waals surface area (Å²) in [7, 11) is 0. The highest BCUT2D eigenvalue weighted by molar-refractivity contribution is 5.68. The van der Waals surface area contributed by atoms with Gasteiger partial charge in [0.2, 0.25) is 0 Å². The highest BCUT2D eigenvalue weighted by Crippen LogP contribution is 2.23. The normalized spacial score (nSPS) is 16.8. The molecule has 1 aliphatic rings. The summed E-state index contributed by atoms with van der Waals surface area (Å²) >= 11 is 0. The molecule has 2 heterocycles. The summed E-state index contributed by atoms with van der Waals surface area (Å²) in [6.45, 7) is 10.2. The number of fused-ring (bicyclic) bond motifs is 4. The van der Waals surface area contributed by atoms with Crippen LogP contribution < -0.4 is 10.1 Å². The Kier molecular flexibility index (Phi) is 7.74. The maximum atomic E-state index is 12.7. The Morgan fingerprint density at radius 3 is 2.80 bits per heavy atom. The van der Waals surface area contributed by atoms with Crippen molar-refractivity contribution in [2.45, 2.75) is 52.2 Å². The topological polar surface area (TPSA) is 68.6 Å². The van der Waals surface area contributed by atoms with E-state index in [9.17, 15) is 4.79 Å². The SMILES string of the molecule is CC(C)(C)OC(=O)N1CCCCNCCOc2cccc(c2)-c2nccn2CCC1. The van der Waals surface area contributed by atoms with Crippen LogP contribution in [0.1, 0.15) is 40.0 Å². The van der Waals surface area contributed by atoms with Crippen LogP contribution in [0.4, 0.5) is 4.79 Å². The van der Waals surface area contributed by atoms with Crippen LogP contribution in [0, 0.1) is 0 Å². The third kappa shape index (κ3) is 6.76. The number of aryl methyl sites for hydroxylation is 1. The maximum Gasteiger partial charge on any atom is 0.410 e. The second-order valence-electron chi connectivity index (χ2n) is 8.60. The molecule has 2 bridgehead atoms. The number of benzene rings is 1. The van der Waals surface area contributed by atoms with Gasteiger partial charge in [0.05, 0.1) is 0 Å². The van der Waals surface area contributed by atoms with Crippen molar-refractivity contribution in [1.82, 2.24) is 19.8 Å². The first-order chi connectivity index (χ1) is 14.4. The Labute approximate surface area is 179 Å². The molecular formula is C23H34N4O3. The van der Waals surface area contributed by atoms with Gasteiger partial charge in [-0.2, -0.15) is 0 Å². The minimum Gasteiger partial charge on any atom is -0.492 e. The van der Waals surface area contributed by atoms with E-state index in [1.807, 2.05) is 62.3 Å². The minimum atomic E-state index is -0.491. The Balaban J connectivity index is 1.73. The lowest BCUT2D eigenvalue weighted by Crippen LogP contribution is -2.38. The van der Waals surface area contributed by atoms with E-state index in [4.69, 9.17) is 9.47 Å². The standard InChI is InChI=1S/C23H34N4O3/c1-23(2,3)30-22(28)27-13-5-4-10-24-12-17-29-20-9-6-8-19(18-20)21-25-11-16-26(21)14-7-15-27/h6,8-9,11,16,18,24H,4-5,7,10,12-15,17H2,1-3H3. The molecular weight excluding hydrogens is 380 g/mol. The molecule has 0 saturated carbocycles. The number of ether oxygens (including phenoxy) is 2. The van der Waals surface area contributed by atoms with Crippen molar-refractivity contribution in [3.63, 3.8) is 0 Å². The quantitative estimate of drug-likeness (QED) is 0.707. The number of hydrogen-bond acceptors (Lipinski definition) is 5. The summed E-state index contributed by atoms with van der Waals surface area (Å²) in [4.78, 5) is 19.0. The molecule has 0 atom stereocenters. The van der Waals surface area contributed by atoms with E-state index in [1.165, 1.54) is 0 Å². The number of hydrogen-bond donors (Lipinski definition) is 1. The number of nitrogens with one attached hydrogen (secondary N) is 1. The molecule has 0 unspecified atom stereocenters. The monoisotopic (exact) mass is 414 g/mol. The zero-order valence-electron chi connectivity index (χ0n) is 18.4. The molecule has 1 aliphatic heterocycles. The molecule has 1 N–H and O–H groups in total. The summed E-state index contributed by atoms with van der Waals surface area (Å²) in [5.41, 5.74) is 0.535. The highest BCUT2D eigenvalue weighted by Gasteiger charge is 2.21. The van der Waals surface area contributed by atoms with Gasteiger partial charge in [-0.1, -0.05) is 12.1 Å². The summed E-state index contributed by atoms with van der Waals surface area (Å²) in [6, 6.07) is 8.05. The van der Waals surface area contributed by atoms with Crippen molar-refractivity contribution in [3.8, 4) is 17.1 Å². The zero-order valence-corrected chi connectivity index (χ0v) is 18.4. The molecule has 7 heteroatoms. The summed E-state index contributed by atoms with van der Waals surface area (Å²) < 4.78 is 13.6. The molecule has 0 fully saturated rings. The Bertz CT molecular complexity index is 813. The van der Waals surface area contributed by atoms with E-state index in [0.717, 1.165) is 56.0 Å². The fourth-order valence-electron chi connectivity index (χ4n) is 3.45. The van der Waals surface area contributed by atoms with Crippen LogP contribution in [-0.2, 0) is 11.3 Å². The van der Waals surface area contributed by atoms with Gasteiger partial charge in [0.1, 0.15) is 23.8 Å². The zero-order chi connectivity index (χ0) is 21.4. The fourth-order valence-corrected chi connectivity index (χ4v) is 3.45. The van der Waals surface area contributed by atoms with Crippen LogP contribution in [0.25, 0.3) is 11.4 Å². The van der Waals surface area contributed by atoms with Crippen molar-refractivity contribution < 1.29 is 14.3 Å². The molecule has 0 radical (unpaired) electrons. The van der Waals surface area contributed by atoms with Crippen LogP contribution in [-0.4, -0.2) is 58.9 Å². The average molecular weight is 415 g/mol. The van der Waals surface area contributed by atoms with Gasteiger partial charge in [0.15, 0.2) is 0 Å². The van der Waals surface area contributed by atoms with Gasteiger partial charge in [0.25, 0.3) is 0 Å². The number of carbonyl (C=O) groups is 1. The molecule has 3 rings (SSSR count). The van der Waals surface area contributed by atoms with E-state index < -0.39 is 5.60 Å². The summed E-state index contributed by atoms with van der Waals surface area (Å²) in [5.74, 6) is 1.76. The first-order valence-electron chi connectivity index (χ1n) is 10.9. The number of rotatable bonds is 0. The van der Waals surface area contributed by atoms with Crippen LogP contribution in [0.5, 0.6) is 5.75 Å². The van der Waals surface area contributed by atoms with Gasteiger partial charge >= 0.3 is 6.09 Å². The second kappa shape index (κ2) is 10.5. The molecule has 0 saturated heterocycles. The lowest BCUT2D eigenvalue weighted by atomic mass is 10.2. The molecule has 0 spiro atoms. The predicted molar refractivity (Wildman–Crippen MR) is 118 cm³/mol. The Hall–Kier alpha value is -2.54. The second-order valence-corrected chi connectivity index (χ2v) is 8.60. The smallest absolute Gasteiger partial charge is 0.410 e. The van der Waals surface area contributed by atoms with Crippen LogP contribution >= 0.6 is 0 Å². The number of nitrogens with zero attached hydrogens (tertiary/aromatic N) is 3. The van der Waals surface area contributed by atoms with Gasteiger partial charge in [-0.15, -0.1) is 0 Å². The fraction of sp³-hybridized carbons (Fsp3) is 0.565. The molecule has 2 aromatic rings. The van der Waals surface area contributed by atoms with Crippen molar-refractivity contribution in [1.29, 1.82) is 0 Å². The van der Waals surface area contributed by atoms with Crippen molar-refractivity contribution in [3.05, 3.63) is 36.7 Å². The van der Waals surface area contributed by atoms with Crippen molar-refractivity contribution >= 4 is 6.09 Å². The highest BCUT2D eigenvalue weighted by atomic mass is 16.6. The van der Waals surface area contributed by atoms with Crippen LogP contribution in [0.2, 0.25) is 0 Å². The van der Waals surface area contributed by atoms with Gasteiger partial charge in [-0.05, 0) is 58.7 Å². The van der Waals surface area contributed by atoms with E-state index >= 15 is 0 Å². The number of carbonyl (C=O) groups excluding carboxylic acids is 1. The largest absolute Gasteiger partial charge is 0.492 e. The summed E-state index contributed by atoms with van der Waals surface area (Å²) in [6.07, 6.45) is 6.33. The van der Waals surface area contributed by atoms with E-state index in [-0.39, 0.29) is 6.09 Å². The maximum absolute atomic E-state index is 12.7. The Morgan fingerprint density at radius 2 is 1.97 bits per heavy atom. The van der Waals surface area contributed by atoms with Gasteiger partial charge < -0.3 is 24.3 Å². The van der Waals surface area contributed by atoms with Crippen molar-refractivity contribution in [2.24, 2.45) is 0 Å². The number of amides is 1. The van der Waals surface area contributed by atoms with Crippen LogP contribution in [0.3, 0.4) is 0 Å². The molecule has 7 nitrogen and oxygen atoms in total. The lowest BCUT2D eigenvalue weighted by molar-refractivity contribution is 0.0243. The van der Waals surface area contributed by atoms with Gasteiger partial charge in [-0.3, -0.25) is 0 Å². The molecule has 0 aliphatic carbocycles. The molecule has 1 aromatic carbocycles. The Morgan fingerprint density at radius 1 is 1.13 bits per heavy atom. The first-order valence-corrected chi connectivity index (χ1v) is 10.9. The molecule has 1 amide bonds. The summed E-state index contributed by atoms with van der Waals surface area (Å²) in [5, 5.41) is 3.41. The first kappa shape index (κ1) is 22.2.